The number of para-hydroxylation sites is 1. The maximum absolute atomic E-state index is 10.4. The third-order valence-corrected chi connectivity index (χ3v) is 3.72. The van der Waals surface area contributed by atoms with E-state index >= 15 is 0 Å². The second-order valence-electron chi connectivity index (χ2n) is 5.08. The number of rotatable bonds is 3. The zero-order valence-corrected chi connectivity index (χ0v) is 10.9. The molecule has 2 atom stereocenters. The van der Waals surface area contributed by atoms with E-state index < -0.39 is 0 Å². The first kappa shape index (κ1) is 12.3. The van der Waals surface area contributed by atoms with Gasteiger partial charge < -0.3 is 15.2 Å². The molecule has 1 heterocycles. The predicted molar refractivity (Wildman–Crippen MR) is 75.6 cm³/mol. The molecular formula is C16H19NO2. The average molecular weight is 257 g/mol. The predicted octanol–water partition coefficient (Wildman–Crippen LogP) is 2.73. The van der Waals surface area contributed by atoms with E-state index in [0.29, 0.717) is 11.5 Å². The molecule has 100 valence electrons. The van der Waals surface area contributed by atoms with Crippen molar-refractivity contribution < 1.29 is 9.84 Å². The minimum Gasteiger partial charge on any atom is -0.504 e. The Balaban J connectivity index is 1.81. The molecule has 3 nitrogen and oxygen atoms in total. The van der Waals surface area contributed by atoms with E-state index in [1.165, 1.54) is 0 Å². The Morgan fingerprint density at radius 2 is 2.21 bits per heavy atom. The molecule has 0 bridgehead atoms. The van der Waals surface area contributed by atoms with E-state index in [0.717, 1.165) is 31.5 Å². The monoisotopic (exact) mass is 257 g/mol. The lowest BCUT2D eigenvalue weighted by Gasteiger charge is -2.19. The minimum atomic E-state index is 0.169. The summed E-state index contributed by atoms with van der Waals surface area (Å²) in [6.45, 7) is 1.84. The first-order valence-electron chi connectivity index (χ1n) is 6.87. The van der Waals surface area contributed by atoms with Crippen molar-refractivity contribution in [2.45, 2.75) is 24.9 Å². The fraction of sp³-hybridized carbons (Fsp3) is 0.375. The van der Waals surface area contributed by atoms with E-state index in [1.807, 2.05) is 30.4 Å². The van der Waals surface area contributed by atoms with Crippen LogP contribution in [0.4, 0.5) is 0 Å². The van der Waals surface area contributed by atoms with Crippen molar-refractivity contribution in [3.05, 3.63) is 48.1 Å². The molecule has 0 aromatic heterocycles. The molecule has 3 heteroatoms. The molecule has 2 aliphatic rings. The van der Waals surface area contributed by atoms with Gasteiger partial charge in [0.2, 0.25) is 0 Å². The first-order chi connectivity index (χ1) is 9.34. The van der Waals surface area contributed by atoms with Gasteiger partial charge >= 0.3 is 0 Å². The standard InChI is InChI=1S/C16H19NO2/c18-16-14(12-5-2-1-3-6-12)7-4-8-15(16)19-13-9-10-17-11-13/h1-5,7-8,12-13,17-18H,6,9-11H2. The van der Waals surface area contributed by atoms with Crippen molar-refractivity contribution in [2.75, 3.05) is 13.1 Å². The maximum atomic E-state index is 10.4. The number of nitrogens with one attached hydrogen (secondary N) is 1. The highest BCUT2D eigenvalue weighted by Gasteiger charge is 2.20. The van der Waals surface area contributed by atoms with Gasteiger partial charge in [0.15, 0.2) is 11.5 Å². The van der Waals surface area contributed by atoms with Crippen molar-refractivity contribution in [1.82, 2.24) is 5.32 Å². The molecule has 0 radical (unpaired) electrons. The molecule has 19 heavy (non-hydrogen) atoms. The molecule has 3 rings (SSSR count). The van der Waals surface area contributed by atoms with Crippen molar-refractivity contribution in [2.24, 2.45) is 0 Å². The number of phenolic OH excluding ortho intramolecular Hbond substituents is 1. The van der Waals surface area contributed by atoms with Gasteiger partial charge in [-0.25, -0.2) is 0 Å². The summed E-state index contributed by atoms with van der Waals surface area (Å²) in [5.74, 6) is 1.14. The van der Waals surface area contributed by atoms with Crippen LogP contribution in [0, 0.1) is 0 Å². The summed E-state index contributed by atoms with van der Waals surface area (Å²) in [5.41, 5.74) is 0.948. The molecule has 1 aromatic rings. The van der Waals surface area contributed by atoms with Gasteiger partial charge in [-0.1, -0.05) is 36.4 Å². The van der Waals surface area contributed by atoms with Crippen LogP contribution in [0.1, 0.15) is 24.3 Å². The van der Waals surface area contributed by atoms with Gasteiger partial charge in [-0.3, -0.25) is 0 Å². The molecule has 2 unspecified atom stereocenters. The average Bonchev–Trinajstić information content (AvgIpc) is 2.95. The Labute approximate surface area is 113 Å². The molecule has 1 aliphatic carbocycles. The molecular weight excluding hydrogens is 238 g/mol. The Morgan fingerprint density at radius 1 is 1.26 bits per heavy atom. The lowest BCUT2D eigenvalue weighted by atomic mass is 9.92. The number of hydrogen-bond donors (Lipinski definition) is 2. The third kappa shape index (κ3) is 2.66. The molecule has 1 fully saturated rings. The summed E-state index contributed by atoms with van der Waals surface area (Å²) >= 11 is 0. The minimum absolute atomic E-state index is 0.169. The topological polar surface area (TPSA) is 41.5 Å². The SMILES string of the molecule is Oc1c(OC2CCNC2)cccc1C1C=CC=CC1. The number of phenols is 1. The molecule has 2 N–H and O–H groups in total. The Kier molecular flexibility index (Phi) is 3.56. The van der Waals surface area contributed by atoms with Gasteiger partial charge in [-0.05, 0) is 25.5 Å². The van der Waals surface area contributed by atoms with Crippen LogP contribution in [0.15, 0.2) is 42.5 Å². The number of allylic oxidation sites excluding steroid dienone is 4. The zero-order valence-electron chi connectivity index (χ0n) is 10.9. The number of hydrogen-bond acceptors (Lipinski definition) is 3. The van der Waals surface area contributed by atoms with Crippen molar-refractivity contribution in [1.29, 1.82) is 0 Å². The van der Waals surface area contributed by atoms with Crippen molar-refractivity contribution >= 4 is 0 Å². The van der Waals surface area contributed by atoms with E-state index in [4.69, 9.17) is 4.74 Å². The van der Waals surface area contributed by atoms with Gasteiger partial charge in [-0.15, -0.1) is 0 Å². The van der Waals surface area contributed by atoms with Crippen LogP contribution in [-0.4, -0.2) is 24.3 Å². The van der Waals surface area contributed by atoms with Gasteiger partial charge in [0.25, 0.3) is 0 Å². The normalized spacial score (nSPS) is 25.7. The van der Waals surface area contributed by atoms with Crippen LogP contribution >= 0.6 is 0 Å². The Morgan fingerprint density at radius 3 is 2.95 bits per heavy atom. The van der Waals surface area contributed by atoms with Gasteiger partial charge in [-0.2, -0.15) is 0 Å². The van der Waals surface area contributed by atoms with E-state index in [1.54, 1.807) is 0 Å². The highest BCUT2D eigenvalue weighted by molar-refractivity contribution is 5.49. The third-order valence-electron chi connectivity index (χ3n) is 3.72. The van der Waals surface area contributed by atoms with Gasteiger partial charge in [0.1, 0.15) is 6.10 Å². The number of benzene rings is 1. The second kappa shape index (κ2) is 5.49. The highest BCUT2D eigenvalue weighted by atomic mass is 16.5. The van der Waals surface area contributed by atoms with Crippen LogP contribution in [0.2, 0.25) is 0 Å². The largest absolute Gasteiger partial charge is 0.504 e. The summed E-state index contributed by atoms with van der Waals surface area (Å²) in [6.07, 6.45) is 10.4. The number of aromatic hydroxyl groups is 1. The maximum Gasteiger partial charge on any atom is 0.161 e. The van der Waals surface area contributed by atoms with Crippen LogP contribution in [0.25, 0.3) is 0 Å². The first-order valence-corrected chi connectivity index (χ1v) is 6.87. The highest BCUT2D eigenvalue weighted by Crippen LogP contribution is 2.38. The Hall–Kier alpha value is -1.74. The van der Waals surface area contributed by atoms with Crippen LogP contribution in [0.5, 0.6) is 11.5 Å². The summed E-state index contributed by atoms with van der Waals surface area (Å²) in [5, 5.41) is 13.7. The second-order valence-corrected chi connectivity index (χ2v) is 5.08. The lowest BCUT2D eigenvalue weighted by molar-refractivity contribution is 0.213. The summed E-state index contributed by atoms with van der Waals surface area (Å²) in [4.78, 5) is 0. The smallest absolute Gasteiger partial charge is 0.161 e. The molecule has 0 saturated carbocycles. The van der Waals surface area contributed by atoms with Crippen molar-refractivity contribution in [3.63, 3.8) is 0 Å². The molecule has 1 aromatic carbocycles. The lowest BCUT2D eigenvalue weighted by Crippen LogP contribution is -2.19. The van der Waals surface area contributed by atoms with Gasteiger partial charge in [0.05, 0.1) is 0 Å². The number of ether oxygens (including phenoxy) is 1. The molecule has 0 spiro atoms. The Bertz CT molecular complexity index is 501. The van der Waals surface area contributed by atoms with E-state index in [-0.39, 0.29) is 12.0 Å². The van der Waals surface area contributed by atoms with Crippen LogP contribution < -0.4 is 10.1 Å². The van der Waals surface area contributed by atoms with Crippen LogP contribution in [-0.2, 0) is 0 Å². The molecule has 1 aliphatic heterocycles. The zero-order chi connectivity index (χ0) is 13.1. The van der Waals surface area contributed by atoms with E-state index in [9.17, 15) is 5.11 Å². The summed E-state index contributed by atoms with van der Waals surface area (Å²) < 4.78 is 5.88. The van der Waals surface area contributed by atoms with Gasteiger partial charge in [0, 0.05) is 18.0 Å². The molecule has 1 saturated heterocycles. The summed E-state index contributed by atoms with van der Waals surface area (Å²) in [6, 6.07) is 5.78. The molecule has 0 amide bonds. The fourth-order valence-electron chi connectivity index (χ4n) is 2.65. The van der Waals surface area contributed by atoms with E-state index in [2.05, 4.69) is 17.5 Å². The quantitative estimate of drug-likeness (QED) is 0.875. The summed E-state index contributed by atoms with van der Waals surface area (Å²) in [7, 11) is 0. The van der Waals surface area contributed by atoms with Crippen LogP contribution in [0.3, 0.4) is 0 Å². The van der Waals surface area contributed by atoms with Crippen molar-refractivity contribution in [3.8, 4) is 11.5 Å². The fourth-order valence-corrected chi connectivity index (χ4v) is 2.65.